The average molecular weight is 338 g/mol. The molecule has 118 valence electrons. The first-order valence-corrected chi connectivity index (χ1v) is 9.23. The predicted octanol–water partition coefficient (Wildman–Crippen LogP) is 4.22. The van der Waals surface area contributed by atoms with E-state index in [2.05, 4.69) is 4.72 Å². The third kappa shape index (κ3) is 4.83. The van der Waals surface area contributed by atoms with E-state index in [4.69, 9.17) is 11.6 Å². The monoisotopic (exact) mass is 337 g/mol. The van der Waals surface area contributed by atoms with Gasteiger partial charge < -0.3 is 0 Å². The van der Waals surface area contributed by atoms with Crippen molar-refractivity contribution < 1.29 is 8.42 Å². The van der Waals surface area contributed by atoms with E-state index >= 15 is 0 Å². The van der Waals surface area contributed by atoms with Crippen LogP contribution in [0, 0.1) is 6.92 Å². The summed E-state index contributed by atoms with van der Waals surface area (Å²) in [4.78, 5) is 0. The molecule has 1 atom stereocenters. The van der Waals surface area contributed by atoms with Gasteiger partial charge in [-0.25, -0.2) is 13.1 Å². The molecule has 2 rings (SSSR count). The highest BCUT2D eigenvalue weighted by Gasteiger charge is 2.18. The van der Waals surface area contributed by atoms with Gasteiger partial charge in [-0.3, -0.25) is 0 Å². The fourth-order valence-corrected chi connectivity index (χ4v) is 3.82. The molecule has 0 spiro atoms. The summed E-state index contributed by atoms with van der Waals surface area (Å²) in [5.74, 6) is -0.0491. The average Bonchev–Trinajstić information content (AvgIpc) is 2.48. The predicted molar refractivity (Wildman–Crippen MR) is 91.4 cm³/mol. The zero-order valence-corrected chi connectivity index (χ0v) is 14.3. The van der Waals surface area contributed by atoms with Gasteiger partial charge >= 0.3 is 0 Å². The molecule has 5 heteroatoms. The van der Waals surface area contributed by atoms with Crippen LogP contribution >= 0.6 is 11.6 Å². The molecular formula is C17H20ClNO2S. The lowest BCUT2D eigenvalue weighted by atomic mass is 10.0. The fraction of sp³-hybridized carbons (Fsp3) is 0.294. The van der Waals surface area contributed by atoms with Gasteiger partial charge in [0.25, 0.3) is 0 Å². The molecule has 0 aliphatic rings. The van der Waals surface area contributed by atoms with Gasteiger partial charge in [-0.05, 0) is 36.6 Å². The van der Waals surface area contributed by atoms with Crippen molar-refractivity contribution in [3.63, 3.8) is 0 Å². The van der Waals surface area contributed by atoms with E-state index in [-0.39, 0.29) is 11.8 Å². The van der Waals surface area contributed by atoms with Crippen LogP contribution in [0.25, 0.3) is 0 Å². The first-order valence-electron chi connectivity index (χ1n) is 7.20. The lowest BCUT2D eigenvalue weighted by molar-refractivity contribution is 0.549. The van der Waals surface area contributed by atoms with Crippen LogP contribution < -0.4 is 4.72 Å². The number of sulfonamides is 1. The van der Waals surface area contributed by atoms with E-state index in [9.17, 15) is 8.42 Å². The zero-order valence-electron chi connectivity index (χ0n) is 12.7. The Morgan fingerprint density at radius 3 is 2.18 bits per heavy atom. The highest BCUT2D eigenvalue weighted by Crippen LogP contribution is 2.19. The van der Waals surface area contributed by atoms with Gasteiger partial charge in [-0.15, -0.1) is 0 Å². The molecule has 2 aromatic carbocycles. The minimum Gasteiger partial charge on any atom is -0.212 e. The Labute approximate surface area is 137 Å². The summed E-state index contributed by atoms with van der Waals surface area (Å²) in [7, 11) is -3.41. The zero-order chi connectivity index (χ0) is 16.2. The van der Waals surface area contributed by atoms with Crippen LogP contribution in [-0.4, -0.2) is 8.42 Å². The highest BCUT2D eigenvalue weighted by atomic mass is 35.5. The molecule has 0 amide bonds. The number of benzene rings is 2. The molecule has 0 aliphatic carbocycles. The summed E-state index contributed by atoms with van der Waals surface area (Å²) in [6.45, 7) is 3.98. The lowest BCUT2D eigenvalue weighted by Gasteiger charge is -2.18. The Bertz CT molecular complexity index is 709. The van der Waals surface area contributed by atoms with Gasteiger partial charge in [0.2, 0.25) is 10.0 Å². The van der Waals surface area contributed by atoms with E-state index in [0.29, 0.717) is 11.4 Å². The van der Waals surface area contributed by atoms with Crippen molar-refractivity contribution in [3.05, 3.63) is 70.2 Å². The van der Waals surface area contributed by atoms with E-state index in [1.165, 1.54) is 0 Å². The topological polar surface area (TPSA) is 46.2 Å². The molecule has 0 fully saturated rings. The van der Waals surface area contributed by atoms with Crippen LogP contribution in [-0.2, 0) is 15.8 Å². The maximum Gasteiger partial charge on any atom is 0.216 e. The molecular weight excluding hydrogens is 318 g/mol. The SMILES string of the molecule is CC[C@H](NS(=O)(=O)Cc1ccc(Cl)cc1)c1ccc(C)cc1. The molecule has 2 aromatic rings. The Morgan fingerprint density at radius 1 is 1.05 bits per heavy atom. The van der Waals surface area contributed by atoms with Crippen LogP contribution in [0.5, 0.6) is 0 Å². The van der Waals surface area contributed by atoms with Crippen LogP contribution in [0.4, 0.5) is 0 Å². The summed E-state index contributed by atoms with van der Waals surface area (Å²) in [6, 6.07) is 14.6. The van der Waals surface area contributed by atoms with Gasteiger partial charge in [0.1, 0.15) is 0 Å². The number of nitrogens with one attached hydrogen (secondary N) is 1. The van der Waals surface area contributed by atoms with Crippen molar-refractivity contribution in [2.24, 2.45) is 0 Å². The Hall–Kier alpha value is -1.36. The summed E-state index contributed by atoms with van der Waals surface area (Å²) in [5, 5.41) is 0.597. The van der Waals surface area contributed by atoms with Crippen LogP contribution in [0.15, 0.2) is 48.5 Å². The highest BCUT2D eigenvalue weighted by molar-refractivity contribution is 7.88. The molecule has 22 heavy (non-hydrogen) atoms. The van der Waals surface area contributed by atoms with Gasteiger partial charge in [0, 0.05) is 11.1 Å². The summed E-state index contributed by atoms with van der Waals surface area (Å²) in [6.07, 6.45) is 0.697. The molecule has 0 radical (unpaired) electrons. The second kappa shape index (κ2) is 7.27. The minimum absolute atomic E-state index is 0.0491. The number of aryl methyl sites for hydroxylation is 1. The molecule has 0 saturated carbocycles. The van der Waals surface area contributed by atoms with Gasteiger partial charge in [0.15, 0.2) is 0 Å². The molecule has 0 heterocycles. The molecule has 0 aromatic heterocycles. The first kappa shape index (κ1) is 17.0. The molecule has 0 unspecified atom stereocenters. The van der Waals surface area contributed by atoms with Gasteiger partial charge in [0.05, 0.1) is 5.75 Å². The fourth-order valence-electron chi connectivity index (χ4n) is 2.24. The quantitative estimate of drug-likeness (QED) is 0.857. The van der Waals surface area contributed by atoms with Crippen molar-refractivity contribution >= 4 is 21.6 Å². The Kier molecular flexibility index (Phi) is 5.62. The number of rotatable bonds is 6. The lowest BCUT2D eigenvalue weighted by Crippen LogP contribution is -2.29. The Morgan fingerprint density at radius 2 is 1.64 bits per heavy atom. The van der Waals surface area contributed by atoms with E-state index in [0.717, 1.165) is 16.7 Å². The normalized spacial score (nSPS) is 13.0. The summed E-state index contributed by atoms with van der Waals surface area (Å²) < 4.78 is 27.5. The third-order valence-electron chi connectivity index (χ3n) is 3.48. The van der Waals surface area contributed by atoms with E-state index < -0.39 is 10.0 Å². The molecule has 0 bridgehead atoms. The standard InChI is InChI=1S/C17H20ClNO2S/c1-3-17(15-8-4-13(2)5-9-15)19-22(20,21)12-14-6-10-16(18)11-7-14/h4-11,17,19H,3,12H2,1-2H3/t17-/m0/s1. The van der Waals surface area contributed by atoms with Crippen molar-refractivity contribution in [3.8, 4) is 0 Å². The van der Waals surface area contributed by atoms with Gasteiger partial charge in [-0.2, -0.15) is 0 Å². The second-order valence-corrected chi connectivity index (χ2v) is 7.57. The van der Waals surface area contributed by atoms with Crippen molar-refractivity contribution in [1.29, 1.82) is 0 Å². The number of hydrogen-bond acceptors (Lipinski definition) is 2. The number of halogens is 1. The van der Waals surface area contributed by atoms with Crippen molar-refractivity contribution in [2.45, 2.75) is 32.1 Å². The largest absolute Gasteiger partial charge is 0.216 e. The van der Waals surface area contributed by atoms with Crippen LogP contribution in [0.1, 0.15) is 36.1 Å². The summed E-state index contributed by atoms with van der Waals surface area (Å²) in [5.41, 5.74) is 2.85. The summed E-state index contributed by atoms with van der Waals surface area (Å²) >= 11 is 5.82. The van der Waals surface area contributed by atoms with E-state index in [1.54, 1.807) is 24.3 Å². The first-order chi connectivity index (χ1) is 10.4. The maximum absolute atomic E-state index is 12.4. The molecule has 1 N–H and O–H groups in total. The smallest absolute Gasteiger partial charge is 0.212 e. The van der Waals surface area contributed by atoms with Gasteiger partial charge in [-0.1, -0.05) is 60.5 Å². The Balaban J connectivity index is 2.11. The van der Waals surface area contributed by atoms with Crippen LogP contribution in [0.2, 0.25) is 5.02 Å². The van der Waals surface area contributed by atoms with Crippen molar-refractivity contribution in [2.75, 3.05) is 0 Å². The molecule has 0 saturated heterocycles. The molecule has 3 nitrogen and oxygen atoms in total. The van der Waals surface area contributed by atoms with Crippen LogP contribution in [0.3, 0.4) is 0 Å². The number of hydrogen-bond donors (Lipinski definition) is 1. The minimum atomic E-state index is -3.41. The van der Waals surface area contributed by atoms with Crippen molar-refractivity contribution in [1.82, 2.24) is 4.72 Å². The second-order valence-electron chi connectivity index (χ2n) is 5.37. The third-order valence-corrected chi connectivity index (χ3v) is 5.09. The maximum atomic E-state index is 12.4. The van der Waals surface area contributed by atoms with E-state index in [1.807, 2.05) is 38.1 Å². The molecule has 0 aliphatic heterocycles.